The van der Waals surface area contributed by atoms with E-state index in [1.54, 1.807) is 0 Å². The molecule has 6 heteroatoms. The Balaban J connectivity index is 1.74. The molecule has 3 aromatic rings. The molecule has 1 saturated heterocycles. The fourth-order valence-electron chi connectivity index (χ4n) is 3.62. The number of aliphatic hydroxyl groups excluding tert-OH is 1. The van der Waals surface area contributed by atoms with Crippen molar-refractivity contribution in [3.63, 3.8) is 0 Å². The van der Waals surface area contributed by atoms with Gasteiger partial charge in [0.2, 0.25) is 0 Å². The molecule has 1 N–H and O–H groups in total. The van der Waals surface area contributed by atoms with Crippen molar-refractivity contribution in [1.82, 2.24) is 14.6 Å². The molecule has 1 aromatic carbocycles. The quantitative estimate of drug-likeness (QED) is 0.761. The van der Waals surface area contributed by atoms with Gasteiger partial charge in [0.25, 0.3) is 0 Å². The average molecular weight is 371 g/mol. The van der Waals surface area contributed by atoms with E-state index in [4.69, 9.17) is 16.7 Å². The Labute approximate surface area is 158 Å². The Morgan fingerprint density at radius 2 is 2.00 bits per heavy atom. The Hall–Kier alpha value is -2.11. The molecule has 0 bridgehead atoms. The molecule has 0 saturated carbocycles. The fourth-order valence-corrected chi connectivity index (χ4v) is 3.75. The Morgan fingerprint density at radius 3 is 2.73 bits per heavy atom. The van der Waals surface area contributed by atoms with E-state index < -0.39 is 0 Å². The van der Waals surface area contributed by atoms with Crippen molar-refractivity contribution in [2.75, 3.05) is 18.0 Å². The minimum atomic E-state index is -0.282. The van der Waals surface area contributed by atoms with E-state index in [0.29, 0.717) is 6.54 Å². The van der Waals surface area contributed by atoms with E-state index in [0.717, 1.165) is 47.3 Å². The summed E-state index contributed by atoms with van der Waals surface area (Å²) in [6, 6.07) is 12.0. The third-order valence-corrected chi connectivity index (χ3v) is 5.34. The minimum Gasteiger partial charge on any atom is -0.391 e. The number of aliphatic hydroxyl groups is 1. The molecule has 1 aliphatic heterocycles. The number of β-amino-alcohol motifs (C(OH)–C–C–N with tert-alkyl or cyclic N) is 1. The number of fused-ring (bicyclic) bond motifs is 1. The minimum absolute atomic E-state index is 0.147. The molecule has 5 nitrogen and oxygen atoms in total. The number of hydrogen-bond donors (Lipinski definition) is 1. The van der Waals surface area contributed by atoms with Crippen molar-refractivity contribution in [2.45, 2.75) is 38.7 Å². The number of aromatic nitrogens is 3. The highest BCUT2D eigenvalue weighted by molar-refractivity contribution is 6.30. The average Bonchev–Trinajstić information content (AvgIpc) is 3.05. The molecule has 3 heterocycles. The highest BCUT2D eigenvalue weighted by atomic mass is 35.5. The van der Waals surface area contributed by atoms with Gasteiger partial charge in [-0.15, -0.1) is 0 Å². The molecule has 2 unspecified atom stereocenters. The molecule has 26 heavy (non-hydrogen) atoms. The molecule has 1 aliphatic rings. The van der Waals surface area contributed by atoms with Crippen molar-refractivity contribution in [1.29, 1.82) is 0 Å². The SMILES string of the molecule is Cc1cc(N2CCCC(O)C2)n2nc(C(C)c3ccc(Cl)cc3)cc2n1. The van der Waals surface area contributed by atoms with Gasteiger partial charge in [0, 0.05) is 41.9 Å². The monoisotopic (exact) mass is 370 g/mol. The number of halogens is 1. The van der Waals surface area contributed by atoms with E-state index in [2.05, 4.69) is 28.9 Å². The second-order valence-electron chi connectivity index (χ2n) is 7.11. The normalized spacial score (nSPS) is 19.1. The van der Waals surface area contributed by atoms with Crippen LogP contribution in [-0.4, -0.2) is 38.9 Å². The number of aryl methyl sites for hydroxylation is 1. The lowest BCUT2D eigenvalue weighted by molar-refractivity contribution is 0.153. The molecule has 2 atom stereocenters. The summed E-state index contributed by atoms with van der Waals surface area (Å²) in [6.45, 7) is 5.71. The molecule has 1 fully saturated rings. The molecule has 0 amide bonds. The van der Waals surface area contributed by atoms with Crippen molar-refractivity contribution in [2.24, 2.45) is 0 Å². The first-order chi connectivity index (χ1) is 12.5. The van der Waals surface area contributed by atoms with Gasteiger partial charge in [-0.25, -0.2) is 4.98 Å². The summed E-state index contributed by atoms with van der Waals surface area (Å²) >= 11 is 6.01. The highest BCUT2D eigenvalue weighted by Crippen LogP contribution is 2.28. The van der Waals surface area contributed by atoms with Crippen molar-refractivity contribution < 1.29 is 5.11 Å². The number of anilines is 1. The topological polar surface area (TPSA) is 53.7 Å². The van der Waals surface area contributed by atoms with E-state index >= 15 is 0 Å². The van der Waals surface area contributed by atoms with Crippen LogP contribution in [0.5, 0.6) is 0 Å². The standard InChI is InChI=1S/C20H23ClN4O/c1-13-10-20(24-9-3-4-17(26)12-24)25-19(22-13)11-18(23-25)14(2)15-5-7-16(21)8-6-15/h5-8,10-11,14,17,26H,3-4,9,12H2,1-2H3. The highest BCUT2D eigenvalue weighted by Gasteiger charge is 2.22. The van der Waals surface area contributed by atoms with Crippen molar-refractivity contribution >= 4 is 23.1 Å². The number of hydrogen-bond acceptors (Lipinski definition) is 4. The summed E-state index contributed by atoms with van der Waals surface area (Å²) in [7, 11) is 0. The maximum atomic E-state index is 10.0. The zero-order valence-electron chi connectivity index (χ0n) is 15.1. The lowest BCUT2D eigenvalue weighted by Crippen LogP contribution is -2.39. The lowest BCUT2D eigenvalue weighted by Gasteiger charge is -2.32. The van der Waals surface area contributed by atoms with Crippen molar-refractivity contribution in [3.05, 3.63) is 58.4 Å². The lowest BCUT2D eigenvalue weighted by atomic mass is 9.98. The molecular weight excluding hydrogens is 348 g/mol. The summed E-state index contributed by atoms with van der Waals surface area (Å²) in [5, 5.41) is 15.6. The van der Waals surface area contributed by atoms with Gasteiger partial charge in [0.15, 0.2) is 5.65 Å². The van der Waals surface area contributed by atoms with Crippen LogP contribution in [0.15, 0.2) is 36.4 Å². The molecule has 4 rings (SSSR count). The molecule has 0 aliphatic carbocycles. The van der Waals surface area contributed by atoms with Crippen LogP contribution in [0, 0.1) is 6.92 Å². The zero-order valence-corrected chi connectivity index (χ0v) is 15.8. The zero-order chi connectivity index (χ0) is 18.3. The van der Waals surface area contributed by atoms with Crippen LogP contribution in [0.2, 0.25) is 5.02 Å². The first-order valence-corrected chi connectivity index (χ1v) is 9.45. The fraction of sp³-hybridized carbons (Fsp3) is 0.400. The molecular formula is C20H23ClN4O. The van der Waals surface area contributed by atoms with Gasteiger partial charge in [-0.1, -0.05) is 30.7 Å². The van der Waals surface area contributed by atoms with Crippen LogP contribution in [0.25, 0.3) is 5.65 Å². The third-order valence-electron chi connectivity index (χ3n) is 5.09. The maximum Gasteiger partial charge on any atom is 0.157 e. The molecule has 0 spiro atoms. The predicted octanol–water partition coefficient (Wildman–Crippen LogP) is 3.80. The smallest absolute Gasteiger partial charge is 0.157 e. The Bertz CT molecular complexity index is 921. The van der Waals surface area contributed by atoms with E-state index in [-0.39, 0.29) is 12.0 Å². The number of piperidine rings is 1. The third kappa shape index (κ3) is 3.29. The molecule has 136 valence electrons. The summed E-state index contributed by atoms with van der Waals surface area (Å²) in [4.78, 5) is 6.86. The largest absolute Gasteiger partial charge is 0.391 e. The second kappa shape index (κ2) is 6.89. The Morgan fingerprint density at radius 1 is 1.23 bits per heavy atom. The first kappa shape index (κ1) is 17.3. The van der Waals surface area contributed by atoms with Crippen LogP contribution in [-0.2, 0) is 0 Å². The van der Waals surface area contributed by atoms with Gasteiger partial charge in [0.05, 0.1) is 11.8 Å². The van der Waals surface area contributed by atoms with E-state index in [1.165, 1.54) is 5.56 Å². The van der Waals surface area contributed by atoms with Crippen LogP contribution < -0.4 is 4.90 Å². The summed E-state index contributed by atoms with van der Waals surface area (Å²) < 4.78 is 1.91. The van der Waals surface area contributed by atoms with E-state index in [9.17, 15) is 5.11 Å². The van der Waals surface area contributed by atoms with Gasteiger partial charge in [0.1, 0.15) is 5.82 Å². The van der Waals surface area contributed by atoms with E-state index in [1.807, 2.05) is 35.7 Å². The van der Waals surface area contributed by atoms with Crippen LogP contribution in [0.4, 0.5) is 5.82 Å². The summed E-state index contributed by atoms with van der Waals surface area (Å²) in [5.41, 5.74) is 3.95. The number of nitrogens with zero attached hydrogens (tertiary/aromatic N) is 4. The van der Waals surface area contributed by atoms with Crippen LogP contribution in [0.3, 0.4) is 0 Å². The maximum absolute atomic E-state index is 10.0. The van der Waals surface area contributed by atoms with Gasteiger partial charge in [-0.05, 0) is 37.5 Å². The summed E-state index contributed by atoms with van der Waals surface area (Å²) in [5.74, 6) is 1.15. The van der Waals surface area contributed by atoms with Gasteiger partial charge < -0.3 is 10.0 Å². The second-order valence-corrected chi connectivity index (χ2v) is 7.55. The Kier molecular flexibility index (Phi) is 4.59. The molecule has 0 radical (unpaired) electrons. The number of rotatable bonds is 3. The van der Waals surface area contributed by atoms with Crippen LogP contribution >= 0.6 is 11.6 Å². The first-order valence-electron chi connectivity index (χ1n) is 9.07. The van der Waals surface area contributed by atoms with Gasteiger partial charge in [-0.2, -0.15) is 9.61 Å². The predicted molar refractivity (Wildman–Crippen MR) is 104 cm³/mol. The number of benzene rings is 1. The summed E-state index contributed by atoms with van der Waals surface area (Å²) in [6.07, 6.45) is 1.57. The molecule has 2 aromatic heterocycles. The van der Waals surface area contributed by atoms with Gasteiger partial charge in [-0.3, -0.25) is 0 Å². The van der Waals surface area contributed by atoms with Crippen molar-refractivity contribution in [3.8, 4) is 0 Å². The van der Waals surface area contributed by atoms with Crippen LogP contribution in [0.1, 0.15) is 42.6 Å². The van der Waals surface area contributed by atoms with Gasteiger partial charge >= 0.3 is 0 Å².